The molecule has 0 spiro atoms. The van der Waals surface area contributed by atoms with Gasteiger partial charge in [0.1, 0.15) is 0 Å². The topological polar surface area (TPSA) is 3.24 Å². The lowest BCUT2D eigenvalue weighted by Crippen LogP contribution is -2.31. The lowest BCUT2D eigenvalue weighted by Gasteiger charge is -2.61. The van der Waals surface area contributed by atoms with Crippen LogP contribution in [0, 0.1) is 0 Å². The van der Waals surface area contributed by atoms with Gasteiger partial charge >= 0.3 is 0 Å². The second-order valence-corrected chi connectivity index (χ2v) is 17.7. The molecule has 16 heavy (non-hydrogen) atoms. The van der Waals surface area contributed by atoms with E-state index in [2.05, 4.69) is 66.3 Å². The van der Waals surface area contributed by atoms with E-state index in [-0.39, 0.29) is 0 Å². The number of rotatable bonds is 5. The minimum atomic E-state index is -0.972. The summed E-state index contributed by atoms with van der Waals surface area (Å²) in [7, 11) is -2.44. The van der Waals surface area contributed by atoms with Crippen LogP contribution in [0.2, 0.25) is 0 Å². The zero-order valence-corrected chi connectivity index (χ0v) is 14.6. The van der Waals surface area contributed by atoms with Crippen molar-refractivity contribution >= 4 is 30.6 Å². The molecule has 4 heteroatoms. The standard InChI is InChI=1S/C12H29NS3/c1-11-12(2)16(9,10)13(14(3,4)5)15(6,7)8/h11H,1-2H2,3-10H3. The maximum absolute atomic E-state index is 4.20. The molecule has 100 valence electrons. The summed E-state index contributed by atoms with van der Waals surface area (Å²) < 4.78 is 2.75. The Labute approximate surface area is 108 Å². The van der Waals surface area contributed by atoms with Gasteiger partial charge in [0, 0.05) is 0 Å². The molecule has 0 heterocycles. The molecule has 0 aromatic carbocycles. The number of hydrogen-bond acceptors (Lipinski definition) is 1. The third kappa shape index (κ3) is 3.76. The maximum Gasteiger partial charge on any atom is -0.00435 e. The predicted octanol–water partition coefficient (Wildman–Crippen LogP) is 4.19. The van der Waals surface area contributed by atoms with Gasteiger partial charge in [-0.1, -0.05) is 19.2 Å². The highest BCUT2D eigenvalue weighted by Crippen LogP contribution is 2.73. The second-order valence-electron chi connectivity index (χ2n) is 5.71. The third-order valence-electron chi connectivity index (χ3n) is 2.14. The Balaban J connectivity index is 5.54. The average molecular weight is 284 g/mol. The first-order valence-electron chi connectivity index (χ1n) is 5.07. The molecule has 0 bridgehead atoms. The van der Waals surface area contributed by atoms with Crippen LogP contribution in [0.5, 0.6) is 0 Å². The van der Waals surface area contributed by atoms with Crippen molar-refractivity contribution in [2.24, 2.45) is 0 Å². The van der Waals surface area contributed by atoms with Crippen molar-refractivity contribution in [1.82, 2.24) is 3.12 Å². The van der Waals surface area contributed by atoms with Gasteiger partial charge in [-0.3, -0.25) is 0 Å². The van der Waals surface area contributed by atoms with E-state index < -0.39 is 30.6 Å². The maximum atomic E-state index is 4.20. The van der Waals surface area contributed by atoms with Crippen LogP contribution in [0.4, 0.5) is 0 Å². The highest BCUT2D eigenvalue weighted by molar-refractivity contribution is 8.57. The highest BCUT2D eigenvalue weighted by Gasteiger charge is 2.36. The molecule has 0 unspecified atom stereocenters. The summed E-state index contributed by atoms with van der Waals surface area (Å²) in [5, 5.41) is 0. The Kier molecular flexibility index (Phi) is 5.16. The molecule has 0 amide bonds. The van der Waals surface area contributed by atoms with Crippen LogP contribution in [-0.4, -0.2) is 53.2 Å². The zero-order chi connectivity index (χ0) is 13.4. The van der Waals surface area contributed by atoms with Crippen molar-refractivity contribution in [3.05, 3.63) is 24.1 Å². The van der Waals surface area contributed by atoms with Crippen molar-refractivity contribution < 1.29 is 0 Å². The van der Waals surface area contributed by atoms with E-state index in [9.17, 15) is 0 Å². The summed E-state index contributed by atoms with van der Waals surface area (Å²) >= 11 is 0. The van der Waals surface area contributed by atoms with Crippen LogP contribution in [0.15, 0.2) is 24.1 Å². The van der Waals surface area contributed by atoms with Crippen molar-refractivity contribution in [2.45, 2.75) is 0 Å². The monoisotopic (exact) mass is 283 g/mol. The minimum Gasteiger partial charge on any atom is -0.191 e. The van der Waals surface area contributed by atoms with Crippen LogP contribution < -0.4 is 0 Å². The first kappa shape index (κ1) is 16.5. The normalized spacial score (nSPS) is 17.1. The van der Waals surface area contributed by atoms with Gasteiger partial charge in [-0.2, -0.15) is 23.5 Å². The smallest absolute Gasteiger partial charge is 0.00435 e. The predicted molar refractivity (Wildman–Crippen MR) is 91.3 cm³/mol. The van der Waals surface area contributed by atoms with E-state index >= 15 is 0 Å². The van der Waals surface area contributed by atoms with E-state index in [0.717, 1.165) is 0 Å². The third-order valence-corrected chi connectivity index (χ3v) is 13.7. The summed E-state index contributed by atoms with van der Waals surface area (Å²) in [6.45, 7) is 8.08. The Morgan fingerprint density at radius 1 is 0.875 bits per heavy atom. The van der Waals surface area contributed by atoms with E-state index in [0.29, 0.717) is 0 Å². The lowest BCUT2D eigenvalue weighted by molar-refractivity contribution is 1.18. The molecule has 0 aliphatic heterocycles. The van der Waals surface area contributed by atoms with Gasteiger partial charge in [0.25, 0.3) is 0 Å². The average Bonchev–Trinajstić information content (AvgIpc) is 1.95. The summed E-state index contributed by atoms with van der Waals surface area (Å²) in [4.78, 5) is 1.19. The van der Waals surface area contributed by atoms with Crippen LogP contribution >= 0.6 is 30.6 Å². The van der Waals surface area contributed by atoms with E-state index in [1.807, 2.05) is 6.08 Å². The molecule has 0 saturated heterocycles. The lowest BCUT2D eigenvalue weighted by atomic mass is 10.6. The van der Waals surface area contributed by atoms with Crippen molar-refractivity contribution in [1.29, 1.82) is 0 Å². The first-order chi connectivity index (χ1) is 6.85. The molecule has 0 radical (unpaired) electrons. The molecule has 0 fully saturated rings. The van der Waals surface area contributed by atoms with Crippen LogP contribution in [-0.2, 0) is 0 Å². The Hall–Kier alpha value is 0.490. The molecular weight excluding hydrogens is 254 g/mol. The molecule has 0 N–H and O–H groups in total. The summed E-state index contributed by atoms with van der Waals surface area (Å²) in [6.07, 6.45) is 20.8. The van der Waals surface area contributed by atoms with Gasteiger partial charge in [0.15, 0.2) is 0 Å². The quantitative estimate of drug-likeness (QED) is 0.684. The minimum absolute atomic E-state index is 0.737. The molecule has 0 atom stereocenters. The van der Waals surface area contributed by atoms with Crippen molar-refractivity contribution in [2.75, 3.05) is 50.0 Å². The van der Waals surface area contributed by atoms with Gasteiger partial charge in [-0.05, 0) is 55.0 Å². The number of allylic oxidation sites excluding steroid dienone is 1. The summed E-state index contributed by atoms with van der Waals surface area (Å²) in [6, 6.07) is 0. The first-order valence-corrected chi connectivity index (χ1v) is 13.1. The highest BCUT2D eigenvalue weighted by atomic mass is 32.4. The van der Waals surface area contributed by atoms with Crippen LogP contribution in [0.3, 0.4) is 0 Å². The summed E-state index contributed by atoms with van der Waals surface area (Å²) in [5.41, 5.74) is 0. The zero-order valence-electron chi connectivity index (χ0n) is 12.2. The van der Waals surface area contributed by atoms with Crippen LogP contribution in [0.1, 0.15) is 0 Å². The molecule has 0 rings (SSSR count). The molecule has 0 aliphatic carbocycles. The van der Waals surface area contributed by atoms with Gasteiger partial charge < -0.3 is 0 Å². The molecule has 0 saturated carbocycles. The largest absolute Gasteiger partial charge is 0.191 e. The Morgan fingerprint density at radius 3 is 1.38 bits per heavy atom. The van der Waals surface area contributed by atoms with Crippen LogP contribution in [0.25, 0.3) is 0 Å². The van der Waals surface area contributed by atoms with Crippen molar-refractivity contribution in [3.63, 3.8) is 0 Å². The number of hydrogen-bond donors (Lipinski definition) is 0. The molecule has 0 aromatic rings. The number of nitrogens with zero attached hydrogens (tertiary/aromatic N) is 1. The second kappa shape index (κ2) is 5.01. The van der Waals surface area contributed by atoms with E-state index in [4.69, 9.17) is 0 Å². The van der Waals surface area contributed by atoms with Gasteiger partial charge in [-0.15, -0.1) is 10.2 Å². The van der Waals surface area contributed by atoms with Crippen molar-refractivity contribution in [3.8, 4) is 0 Å². The Morgan fingerprint density at radius 2 is 1.19 bits per heavy atom. The van der Waals surface area contributed by atoms with E-state index in [1.54, 1.807) is 0 Å². The molecule has 0 aliphatic rings. The Bertz CT molecular complexity index is 268. The fourth-order valence-corrected chi connectivity index (χ4v) is 17.6. The van der Waals surface area contributed by atoms with Gasteiger partial charge in [-0.25, -0.2) is 0 Å². The SMILES string of the molecule is C=CC(=C)S(C)(C)N(S(C)(C)C)S(C)(C)C. The van der Waals surface area contributed by atoms with Gasteiger partial charge in [0.05, 0.1) is 0 Å². The molecule has 0 aromatic heterocycles. The van der Waals surface area contributed by atoms with E-state index in [1.165, 1.54) is 4.91 Å². The molecule has 1 nitrogen and oxygen atoms in total. The fourth-order valence-electron chi connectivity index (χ4n) is 2.09. The summed E-state index contributed by atoms with van der Waals surface area (Å²) in [5.74, 6) is 0. The molecular formula is C12H29NS3. The van der Waals surface area contributed by atoms with Gasteiger partial charge in [0.2, 0.25) is 0 Å². The fraction of sp³-hybridized carbons (Fsp3) is 0.667.